The number of ketones is 1. The first-order valence-corrected chi connectivity index (χ1v) is 12.6. The first-order chi connectivity index (χ1) is 14.8. The molecule has 5 aliphatic carbocycles. The molecule has 0 unspecified atom stereocenters. The van der Waals surface area contributed by atoms with Gasteiger partial charge in [-0.3, -0.25) is 4.79 Å². The average Bonchev–Trinajstić information content (AvgIpc) is 2.72. The fourth-order valence-corrected chi connectivity index (χ4v) is 8.73. The monoisotopic (exact) mass is 435 g/mol. The molecule has 0 aromatic rings. The number of carbonyl (C=O) groups is 1. The Morgan fingerprint density at radius 2 is 1.66 bits per heavy atom. The van der Waals surface area contributed by atoms with Crippen LogP contribution in [-0.2, 0) is 9.53 Å². The SMILES string of the molecule is COC1=C(C)C2=CC=C3[C@@](C)(CC[C@@]4(C)[C@@H]5C[C@](C)(N)CC[C@]5(C)CC[C@]34C)C2=CC1=O. The van der Waals surface area contributed by atoms with E-state index in [-0.39, 0.29) is 27.6 Å². The van der Waals surface area contributed by atoms with Gasteiger partial charge in [0.05, 0.1) is 7.11 Å². The summed E-state index contributed by atoms with van der Waals surface area (Å²) in [6, 6.07) is 0. The summed E-state index contributed by atoms with van der Waals surface area (Å²) in [5.41, 5.74) is 12.3. The Labute approximate surface area is 194 Å². The van der Waals surface area contributed by atoms with Crippen LogP contribution in [0.4, 0.5) is 0 Å². The van der Waals surface area contributed by atoms with Crippen LogP contribution in [0.25, 0.3) is 0 Å². The van der Waals surface area contributed by atoms with Crippen LogP contribution in [0.3, 0.4) is 0 Å². The Kier molecular flexibility index (Phi) is 4.51. The third kappa shape index (κ3) is 2.61. The van der Waals surface area contributed by atoms with Gasteiger partial charge in [0.15, 0.2) is 5.76 Å². The third-order valence-corrected chi connectivity index (χ3v) is 11.1. The van der Waals surface area contributed by atoms with E-state index in [1.807, 2.05) is 13.0 Å². The zero-order chi connectivity index (χ0) is 23.3. The second-order valence-corrected chi connectivity index (χ2v) is 12.9. The molecule has 174 valence electrons. The van der Waals surface area contributed by atoms with Crippen molar-refractivity contribution in [2.45, 2.75) is 92.0 Å². The lowest BCUT2D eigenvalue weighted by atomic mass is 9.35. The molecule has 3 fully saturated rings. The van der Waals surface area contributed by atoms with Gasteiger partial charge >= 0.3 is 0 Å². The highest BCUT2D eigenvalue weighted by Crippen LogP contribution is 2.74. The minimum absolute atomic E-state index is 0.0144. The Morgan fingerprint density at radius 1 is 0.969 bits per heavy atom. The summed E-state index contributed by atoms with van der Waals surface area (Å²) < 4.78 is 5.46. The number of ether oxygens (including phenoxy) is 1. The van der Waals surface area contributed by atoms with Gasteiger partial charge in [0.1, 0.15) is 0 Å². The van der Waals surface area contributed by atoms with Crippen molar-refractivity contribution in [3.63, 3.8) is 0 Å². The van der Waals surface area contributed by atoms with Crippen LogP contribution in [0.15, 0.2) is 46.3 Å². The largest absolute Gasteiger partial charge is 0.492 e. The van der Waals surface area contributed by atoms with Crippen molar-refractivity contribution in [2.75, 3.05) is 7.11 Å². The normalized spacial score (nSPS) is 47.9. The van der Waals surface area contributed by atoms with E-state index in [2.05, 4.69) is 46.8 Å². The van der Waals surface area contributed by atoms with Gasteiger partial charge in [-0.15, -0.1) is 0 Å². The summed E-state index contributed by atoms with van der Waals surface area (Å²) in [5.74, 6) is 1.14. The number of fused-ring (bicyclic) bond motifs is 7. The molecule has 0 saturated heterocycles. The van der Waals surface area contributed by atoms with Crippen molar-refractivity contribution in [1.29, 1.82) is 0 Å². The summed E-state index contributed by atoms with van der Waals surface area (Å²) in [7, 11) is 1.60. The van der Waals surface area contributed by atoms with E-state index < -0.39 is 0 Å². The minimum Gasteiger partial charge on any atom is -0.492 e. The number of methoxy groups -OCH3 is 1. The van der Waals surface area contributed by atoms with E-state index in [9.17, 15) is 4.79 Å². The molecule has 0 aromatic carbocycles. The Bertz CT molecular complexity index is 1030. The van der Waals surface area contributed by atoms with Crippen LogP contribution in [0.1, 0.15) is 86.5 Å². The van der Waals surface area contributed by atoms with Crippen molar-refractivity contribution in [3.05, 3.63) is 46.3 Å². The number of carbonyl (C=O) groups excluding carboxylic acids is 1. The average molecular weight is 436 g/mol. The number of allylic oxidation sites excluding steroid dienone is 7. The number of rotatable bonds is 1. The highest BCUT2D eigenvalue weighted by molar-refractivity contribution is 6.07. The summed E-state index contributed by atoms with van der Waals surface area (Å²) in [6.45, 7) is 14.3. The van der Waals surface area contributed by atoms with E-state index in [0.717, 1.165) is 24.8 Å². The summed E-state index contributed by atoms with van der Waals surface area (Å²) in [5, 5.41) is 0. The lowest BCUT2D eigenvalue weighted by molar-refractivity contribution is -0.150. The zero-order valence-electron chi connectivity index (χ0n) is 21.2. The van der Waals surface area contributed by atoms with Gasteiger partial charge in [0.25, 0.3) is 0 Å². The molecule has 2 N–H and O–H groups in total. The van der Waals surface area contributed by atoms with Crippen LogP contribution >= 0.6 is 0 Å². The first kappa shape index (κ1) is 22.2. The van der Waals surface area contributed by atoms with Crippen molar-refractivity contribution < 1.29 is 9.53 Å². The maximum absolute atomic E-state index is 12.9. The van der Waals surface area contributed by atoms with Gasteiger partial charge in [-0.05, 0) is 98.2 Å². The molecular weight excluding hydrogens is 394 g/mol. The molecule has 0 aromatic heterocycles. The smallest absolute Gasteiger partial charge is 0.220 e. The van der Waals surface area contributed by atoms with E-state index >= 15 is 0 Å². The number of nitrogens with two attached hydrogens (primary N) is 1. The van der Waals surface area contributed by atoms with E-state index in [1.165, 1.54) is 36.8 Å². The fraction of sp³-hybridized carbons (Fsp3) is 0.690. The van der Waals surface area contributed by atoms with E-state index in [4.69, 9.17) is 10.5 Å². The van der Waals surface area contributed by atoms with Crippen LogP contribution in [0, 0.1) is 27.6 Å². The molecule has 5 aliphatic rings. The highest BCUT2D eigenvalue weighted by atomic mass is 16.5. The molecule has 0 heterocycles. The van der Waals surface area contributed by atoms with Crippen molar-refractivity contribution in [2.24, 2.45) is 33.3 Å². The lowest BCUT2D eigenvalue weighted by Crippen LogP contribution is -2.63. The molecule has 0 amide bonds. The Hall–Kier alpha value is -1.61. The molecule has 3 nitrogen and oxygen atoms in total. The molecule has 32 heavy (non-hydrogen) atoms. The molecule has 0 radical (unpaired) electrons. The van der Waals surface area contributed by atoms with Crippen LogP contribution < -0.4 is 5.73 Å². The van der Waals surface area contributed by atoms with Crippen LogP contribution in [0.5, 0.6) is 0 Å². The molecular formula is C29H41NO2. The standard InChI is InChI=1S/C29H41NO2/c1-18-19-8-9-22-27(4,20(19)16-21(31)24(18)32-7)13-15-29(6)23-17-26(3,30)12-10-25(23,2)11-14-28(22,29)5/h8-9,16,23H,10-15,17,30H2,1-7H3/t23-,25-,26-,27+,28-,29+/m1/s1. The van der Waals surface area contributed by atoms with Gasteiger partial charge in [-0.2, -0.15) is 0 Å². The Morgan fingerprint density at radius 3 is 2.34 bits per heavy atom. The molecule has 6 atom stereocenters. The molecule has 3 saturated carbocycles. The molecule has 5 rings (SSSR count). The number of hydrogen-bond donors (Lipinski definition) is 1. The first-order valence-electron chi connectivity index (χ1n) is 12.6. The van der Waals surface area contributed by atoms with Crippen LogP contribution in [-0.4, -0.2) is 18.4 Å². The van der Waals surface area contributed by atoms with Gasteiger partial charge < -0.3 is 10.5 Å². The predicted molar refractivity (Wildman–Crippen MR) is 130 cm³/mol. The third-order valence-electron chi connectivity index (χ3n) is 11.1. The minimum atomic E-state index is -0.0943. The fourth-order valence-electron chi connectivity index (χ4n) is 8.73. The second kappa shape index (κ2) is 6.50. The van der Waals surface area contributed by atoms with Gasteiger partial charge in [-0.25, -0.2) is 0 Å². The van der Waals surface area contributed by atoms with Crippen LogP contribution in [0.2, 0.25) is 0 Å². The summed E-state index contributed by atoms with van der Waals surface area (Å²) >= 11 is 0. The predicted octanol–water partition coefficient (Wildman–Crippen LogP) is 6.41. The quantitative estimate of drug-likeness (QED) is 0.517. The molecule has 0 aliphatic heterocycles. The molecule has 0 bridgehead atoms. The maximum atomic E-state index is 12.9. The van der Waals surface area contributed by atoms with Gasteiger partial charge in [0, 0.05) is 16.5 Å². The summed E-state index contributed by atoms with van der Waals surface area (Å²) in [4.78, 5) is 12.9. The summed E-state index contributed by atoms with van der Waals surface area (Å²) in [6.07, 6.45) is 14.9. The highest BCUT2D eigenvalue weighted by Gasteiger charge is 2.66. The molecule has 0 spiro atoms. The molecule has 3 heteroatoms. The van der Waals surface area contributed by atoms with Crippen molar-refractivity contribution >= 4 is 5.78 Å². The maximum Gasteiger partial charge on any atom is 0.220 e. The topological polar surface area (TPSA) is 52.3 Å². The zero-order valence-corrected chi connectivity index (χ0v) is 21.2. The van der Waals surface area contributed by atoms with Gasteiger partial charge in [-0.1, -0.05) is 45.4 Å². The van der Waals surface area contributed by atoms with Crippen molar-refractivity contribution in [3.8, 4) is 0 Å². The Balaban J connectivity index is 1.65. The second-order valence-electron chi connectivity index (χ2n) is 12.9. The number of hydrogen-bond acceptors (Lipinski definition) is 3. The lowest BCUT2D eigenvalue weighted by Gasteiger charge is -2.70. The van der Waals surface area contributed by atoms with Gasteiger partial charge in [0.2, 0.25) is 5.78 Å². The van der Waals surface area contributed by atoms with E-state index in [1.54, 1.807) is 12.7 Å². The van der Waals surface area contributed by atoms with Crippen molar-refractivity contribution in [1.82, 2.24) is 0 Å². The van der Waals surface area contributed by atoms with E-state index in [0.29, 0.717) is 17.1 Å².